The molecular formula is C31H27NO6. The number of fused-ring (bicyclic) bond motifs is 5. The van der Waals surface area contributed by atoms with Gasteiger partial charge in [0.2, 0.25) is 11.8 Å². The van der Waals surface area contributed by atoms with Crippen LogP contribution >= 0.6 is 0 Å². The summed E-state index contributed by atoms with van der Waals surface area (Å²) in [6.07, 6.45) is 1.98. The molecule has 2 amide bonds. The molecule has 3 aromatic rings. The number of benzene rings is 3. The second kappa shape index (κ2) is 9.17. The summed E-state index contributed by atoms with van der Waals surface area (Å²) in [4.78, 5) is 42.7. The fourth-order valence-electron chi connectivity index (χ4n) is 5.93. The topological polar surface area (TPSA) is 82.1 Å². The molecule has 0 spiro atoms. The van der Waals surface area contributed by atoms with E-state index in [0.29, 0.717) is 29.5 Å². The van der Waals surface area contributed by atoms with Gasteiger partial charge in [-0.3, -0.25) is 14.4 Å². The number of rotatable bonds is 5. The van der Waals surface area contributed by atoms with Crippen molar-refractivity contribution in [3.8, 4) is 17.2 Å². The number of nitrogens with zero attached hydrogens (tertiary/aromatic N) is 1. The number of carbonyl (C=O) groups excluding carboxylic acids is 3. The average molecular weight is 510 g/mol. The molecule has 0 radical (unpaired) electrons. The van der Waals surface area contributed by atoms with Crippen LogP contribution in [0, 0.1) is 24.7 Å². The van der Waals surface area contributed by atoms with E-state index in [4.69, 9.17) is 14.2 Å². The molecule has 0 saturated carbocycles. The number of hydrogen-bond acceptors (Lipinski definition) is 6. The van der Waals surface area contributed by atoms with Crippen LogP contribution in [0.3, 0.4) is 0 Å². The molecule has 1 saturated heterocycles. The first-order chi connectivity index (χ1) is 18.4. The van der Waals surface area contributed by atoms with Gasteiger partial charge in [0.15, 0.2) is 0 Å². The fourth-order valence-corrected chi connectivity index (χ4v) is 5.93. The third-order valence-electron chi connectivity index (χ3n) is 7.66. The quantitative estimate of drug-likeness (QED) is 0.276. The normalized spacial score (nSPS) is 23.7. The molecule has 2 aliphatic heterocycles. The van der Waals surface area contributed by atoms with Crippen molar-refractivity contribution in [1.29, 1.82) is 0 Å². The smallest absolute Gasteiger partial charge is 0.319 e. The minimum Gasteiger partial charge on any atom is -0.497 e. The van der Waals surface area contributed by atoms with Crippen molar-refractivity contribution >= 4 is 29.0 Å². The third-order valence-corrected chi connectivity index (χ3v) is 7.66. The summed E-state index contributed by atoms with van der Waals surface area (Å²) in [6.45, 7) is 4.33. The zero-order chi connectivity index (χ0) is 26.6. The van der Waals surface area contributed by atoms with Crippen molar-refractivity contribution in [1.82, 2.24) is 0 Å². The van der Waals surface area contributed by atoms with E-state index >= 15 is 0 Å². The van der Waals surface area contributed by atoms with E-state index in [2.05, 4.69) is 0 Å². The third kappa shape index (κ3) is 3.69. The highest BCUT2D eigenvalue weighted by molar-refractivity contribution is 6.24. The Hall–Kier alpha value is -4.39. The first kappa shape index (κ1) is 24.0. The molecule has 38 heavy (non-hydrogen) atoms. The predicted molar refractivity (Wildman–Crippen MR) is 141 cm³/mol. The molecule has 7 nitrogen and oxygen atoms in total. The van der Waals surface area contributed by atoms with E-state index < -0.39 is 35.5 Å². The molecule has 0 bridgehead atoms. The minimum atomic E-state index is -0.886. The van der Waals surface area contributed by atoms with Crippen molar-refractivity contribution in [3.05, 3.63) is 89.5 Å². The number of imide groups is 1. The van der Waals surface area contributed by atoms with Crippen LogP contribution < -0.4 is 19.1 Å². The van der Waals surface area contributed by atoms with Crippen molar-refractivity contribution < 1.29 is 28.6 Å². The van der Waals surface area contributed by atoms with Gasteiger partial charge in [0.05, 0.1) is 37.2 Å². The Balaban J connectivity index is 1.49. The molecular weight excluding hydrogens is 482 g/mol. The lowest BCUT2D eigenvalue weighted by Crippen LogP contribution is -2.42. The zero-order valence-corrected chi connectivity index (χ0v) is 21.3. The van der Waals surface area contributed by atoms with Gasteiger partial charge >= 0.3 is 5.97 Å². The van der Waals surface area contributed by atoms with Gasteiger partial charge in [-0.1, -0.05) is 30.3 Å². The monoisotopic (exact) mass is 509 g/mol. The van der Waals surface area contributed by atoms with Crippen LogP contribution in [0.4, 0.5) is 5.69 Å². The molecule has 3 aliphatic rings. The van der Waals surface area contributed by atoms with Crippen LogP contribution in [0.1, 0.15) is 29.5 Å². The summed E-state index contributed by atoms with van der Waals surface area (Å²) in [6, 6.07) is 20.1. The molecule has 192 valence electrons. The Labute approximate surface area is 220 Å². The number of esters is 1. The Morgan fingerprint density at radius 3 is 2.24 bits per heavy atom. The van der Waals surface area contributed by atoms with Crippen LogP contribution in [-0.4, -0.2) is 31.5 Å². The number of ether oxygens (including phenoxy) is 3. The van der Waals surface area contributed by atoms with E-state index in [-0.39, 0.29) is 5.91 Å². The molecule has 0 aromatic heterocycles. The first-order valence-corrected chi connectivity index (χ1v) is 12.7. The van der Waals surface area contributed by atoms with Gasteiger partial charge < -0.3 is 14.2 Å². The molecule has 1 fully saturated rings. The fraction of sp³-hybridized carbons (Fsp3) is 0.258. The first-order valence-electron chi connectivity index (χ1n) is 12.7. The number of allylic oxidation sites excluding steroid dienone is 1. The highest BCUT2D eigenvalue weighted by Crippen LogP contribution is 2.54. The van der Waals surface area contributed by atoms with E-state index in [9.17, 15) is 14.4 Å². The van der Waals surface area contributed by atoms with Crippen LogP contribution in [-0.2, 0) is 14.4 Å². The average Bonchev–Trinajstić information content (AvgIpc) is 3.18. The van der Waals surface area contributed by atoms with Gasteiger partial charge in [0.25, 0.3) is 0 Å². The largest absolute Gasteiger partial charge is 0.497 e. The van der Waals surface area contributed by atoms with E-state index in [0.717, 1.165) is 22.3 Å². The maximum atomic E-state index is 14.0. The summed E-state index contributed by atoms with van der Waals surface area (Å²) in [5.41, 5.74) is 3.79. The van der Waals surface area contributed by atoms with E-state index in [1.54, 1.807) is 31.4 Å². The predicted octanol–water partition coefficient (Wildman–Crippen LogP) is 4.92. The molecule has 7 heteroatoms. The van der Waals surface area contributed by atoms with Gasteiger partial charge in [-0.25, -0.2) is 4.90 Å². The Bertz CT molecular complexity index is 1470. The summed E-state index contributed by atoms with van der Waals surface area (Å²) in [5, 5.41) is 0. The standard InChI is InChI=1S/C31H27NO6/c1-4-37-21-12-8-19(9-13-21)32-29(33)26-23(18-6-10-20(36-3)11-7-18)16-24-22-14-5-17(2)15-25(22)38-31(35)27(24)28(26)30(32)34/h5-16,23,26-28H,4H2,1-3H3/t23-,26+,27+,28-/m0/s1. The highest BCUT2D eigenvalue weighted by Gasteiger charge is 2.60. The van der Waals surface area contributed by atoms with Gasteiger partial charge in [0.1, 0.15) is 17.2 Å². The van der Waals surface area contributed by atoms with E-state index in [1.807, 2.05) is 62.4 Å². The number of methoxy groups -OCH3 is 1. The van der Waals surface area contributed by atoms with Crippen LogP contribution in [0.25, 0.3) is 5.57 Å². The highest BCUT2D eigenvalue weighted by atomic mass is 16.5. The van der Waals surface area contributed by atoms with Crippen molar-refractivity contribution in [3.63, 3.8) is 0 Å². The second-order valence-corrected chi connectivity index (χ2v) is 9.81. The van der Waals surface area contributed by atoms with Gasteiger partial charge in [0, 0.05) is 11.5 Å². The number of anilines is 1. The Kier molecular flexibility index (Phi) is 5.79. The van der Waals surface area contributed by atoms with Gasteiger partial charge in [-0.15, -0.1) is 0 Å². The van der Waals surface area contributed by atoms with Crippen LogP contribution in [0.5, 0.6) is 17.2 Å². The summed E-state index contributed by atoms with van der Waals surface area (Å²) >= 11 is 0. The maximum absolute atomic E-state index is 14.0. The zero-order valence-electron chi connectivity index (χ0n) is 21.3. The number of carbonyl (C=O) groups is 3. The van der Waals surface area contributed by atoms with Crippen LogP contribution in [0.2, 0.25) is 0 Å². The number of amides is 2. The number of hydrogen-bond donors (Lipinski definition) is 0. The molecule has 4 atom stereocenters. The molecule has 0 N–H and O–H groups in total. The van der Waals surface area contributed by atoms with Gasteiger partial charge in [-0.2, -0.15) is 0 Å². The lowest BCUT2D eigenvalue weighted by Gasteiger charge is -2.38. The molecule has 2 heterocycles. The minimum absolute atomic E-state index is 0.331. The SMILES string of the molecule is CCOc1ccc(N2C(=O)[C@@H]3[C@@H]4C(=O)Oc5cc(C)ccc5C4=C[C@@H](c4ccc(OC)cc4)[C@H]3C2=O)cc1. The summed E-state index contributed by atoms with van der Waals surface area (Å²) in [5.74, 6) is -2.34. The maximum Gasteiger partial charge on any atom is 0.319 e. The Morgan fingerprint density at radius 2 is 1.55 bits per heavy atom. The molecule has 3 aromatic carbocycles. The lowest BCUT2D eigenvalue weighted by atomic mass is 9.64. The van der Waals surface area contributed by atoms with Crippen LogP contribution in [0.15, 0.2) is 72.8 Å². The molecule has 0 unspecified atom stereocenters. The summed E-state index contributed by atoms with van der Waals surface area (Å²) in [7, 11) is 1.60. The summed E-state index contributed by atoms with van der Waals surface area (Å²) < 4.78 is 16.6. The lowest BCUT2D eigenvalue weighted by molar-refractivity contribution is -0.142. The van der Waals surface area contributed by atoms with Crippen molar-refractivity contribution in [2.45, 2.75) is 19.8 Å². The molecule has 6 rings (SSSR count). The number of aryl methyl sites for hydroxylation is 1. The Morgan fingerprint density at radius 1 is 0.868 bits per heavy atom. The van der Waals surface area contributed by atoms with Gasteiger partial charge in [-0.05, 0) is 73.0 Å². The second-order valence-electron chi connectivity index (χ2n) is 9.81. The van der Waals surface area contributed by atoms with Crippen molar-refractivity contribution in [2.75, 3.05) is 18.6 Å². The molecule has 1 aliphatic carbocycles. The van der Waals surface area contributed by atoms with Crippen molar-refractivity contribution in [2.24, 2.45) is 17.8 Å². The van der Waals surface area contributed by atoms with E-state index in [1.165, 1.54) is 4.90 Å².